The monoisotopic (exact) mass is 132 g/mol. The van der Waals surface area contributed by atoms with E-state index in [2.05, 4.69) is 0 Å². The fraction of sp³-hybridized carbons (Fsp3) is 0.429. The van der Waals surface area contributed by atoms with Crippen molar-refractivity contribution in [2.75, 3.05) is 0 Å². The molecule has 0 aromatic heterocycles. The molecule has 0 N–H and O–H groups in total. The maximum absolute atomic E-state index is 11.9. The average Bonchev–Trinajstić information content (AvgIpc) is 1.63. The maximum atomic E-state index is 11.9. The van der Waals surface area contributed by atoms with Crippen molar-refractivity contribution in [2.45, 2.75) is 20.3 Å². The van der Waals surface area contributed by atoms with E-state index in [-0.39, 0.29) is 11.7 Å². The lowest BCUT2D eigenvalue weighted by Crippen LogP contribution is -1.64. The van der Waals surface area contributed by atoms with Crippen LogP contribution >= 0.6 is 0 Å². The molecule has 0 unspecified atom stereocenters. The summed E-state index contributed by atoms with van der Waals surface area (Å²) in [6.07, 6.45) is 2.98. The topological polar surface area (TPSA) is 0 Å². The van der Waals surface area contributed by atoms with E-state index in [0.717, 1.165) is 0 Å². The molecule has 0 amide bonds. The van der Waals surface area contributed by atoms with Gasteiger partial charge in [-0.05, 0) is 32.4 Å². The fourth-order valence-corrected chi connectivity index (χ4v) is 0.384. The molecule has 0 aliphatic rings. The highest BCUT2D eigenvalue weighted by Gasteiger charge is 1.81. The van der Waals surface area contributed by atoms with Crippen LogP contribution in [0.4, 0.5) is 8.78 Å². The van der Waals surface area contributed by atoms with Crippen molar-refractivity contribution < 1.29 is 8.78 Å². The van der Waals surface area contributed by atoms with Gasteiger partial charge in [0.15, 0.2) is 0 Å². The number of halogens is 2. The van der Waals surface area contributed by atoms with Crippen molar-refractivity contribution in [3.63, 3.8) is 0 Å². The Morgan fingerprint density at radius 3 is 1.67 bits per heavy atom. The summed E-state index contributed by atoms with van der Waals surface area (Å²) in [6.45, 7) is 2.67. The summed E-state index contributed by atoms with van der Waals surface area (Å²) in [5.74, 6) is -0.542. The van der Waals surface area contributed by atoms with Gasteiger partial charge in [0, 0.05) is 0 Å². The number of allylic oxidation sites excluding steroid dienone is 4. The largest absolute Gasteiger partial charge is 0.212 e. The lowest BCUT2D eigenvalue weighted by atomic mass is 10.3. The predicted octanol–water partition coefficient (Wildman–Crippen LogP) is 3.12. The molecular weight excluding hydrogens is 122 g/mol. The molecule has 0 aromatic rings. The van der Waals surface area contributed by atoms with Crippen LogP contribution < -0.4 is 0 Å². The van der Waals surface area contributed by atoms with Gasteiger partial charge in [-0.3, -0.25) is 0 Å². The minimum atomic E-state index is -0.271. The van der Waals surface area contributed by atoms with Gasteiger partial charge in [-0.1, -0.05) is 0 Å². The van der Waals surface area contributed by atoms with Crippen LogP contribution in [0.25, 0.3) is 0 Å². The zero-order valence-corrected chi connectivity index (χ0v) is 5.62. The summed E-state index contributed by atoms with van der Waals surface area (Å²) >= 11 is 0. The molecule has 0 bridgehead atoms. The van der Waals surface area contributed by atoms with Crippen LogP contribution in [0.1, 0.15) is 20.3 Å². The molecule has 0 aromatic carbocycles. The third-order valence-corrected chi connectivity index (χ3v) is 0.798. The van der Waals surface area contributed by atoms with E-state index in [9.17, 15) is 8.78 Å². The third kappa shape index (κ3) is 7.34. The van der Waals surface area contributed by atoms with Crippen LogP contribution in [-0.4, -0.2) is 0 Å². The summed E-state index contributed by atoms with van der Waals surface area (Å²) < 4.78 is 23.7. The molecule has 0 fully saturated rings. The smallest absolute Gasteiger partial charge is 0.0932 e. The molecule has 0 nitrogen and oxygen atoms in total. The lowest BCUT2D eigenvalue weighted by molar-refractivity contribution is 0.628. The zero-order chi connectivity index (χ0) is 7.28. The SMILES string of the molecule is CC(F)=CCC=C(C)F. The number of rotatable bonds is 2. The van der Waals surface area contributed by atoms with Crippen LogP contribution in [0.5, 0.6) is 0 Å². The van der Waals surface area contributed by atoms with E-state index >= 15 is 0 Å². The standard InChI is InChI=1S/C7H10F2/c1-6(8)4-3-5-7(2)9/h4-5H,3H2,1-2H3. The molecule has 0 saturated carbocycles. The first-order valence-electron chi connectivity index (χ1n) is 2.77. The van der Waals surface area contributed by atoms with Gasteiger partial charge < -0.3 is 0 Å². The van der Waals surface area contributed by atoms with Gasteiger partial charge in [0.1, 0.15) is 0 Å². The Hall–Kier alpha value is -0.660. The van der Waals surface area contributed by atoms with Crippen molar-refractivity contribution in [1.29, 1.82) is 0 Å². The zero-order valence-electron chi connectivity index (χ0n) is 5.62. The Balaban J connectivity index is 3.53. The van der Waals surface area contributed by atoms with Gasteiger partial charge in [0.25, 0.3) is 0 Å². The molecule has 0 heterocycles. The van der Waals surface area contributed by atoms with Gasteiger partial charge in [-0.15, -0.1) is 0 Å². The predicted molar refractivity (Wildman–Crippen MR) is 34.3 cm³/mol. The molecule has 0 rings (SSSR count). The summed E-state index contributed by atoms with van der Waals surface area (Å²) in [7, 11) is 0. The van der Waals surface area contributed by atoms with E-state index in [0.29, 0.717) is 6.42 Å². The van der Waals surface area contributed by atoms with E-state index < -0.39 is 0 Å². The molecule has 52 valence electrons. The van der Waals surface area contributed by atoms with Crippen LogP contribution in [-0.2, 0) is 0 Å². The Morgan fingerprint density at radius 1 is 1.11 bits per heavy atom. The van der Waals surface area contributed by atoms with Crippen LogP contribution in [0, 0.1) is 0 Å². The Bertz CT molecular complexity index is 110. The molecule has 0 radical (unpaired) electrons. The molecular formula is C7H10F2. The minimum absolute atomic E-state index is 0.271. The first kappa shape index (κ1) is 8.34. The third-order valence-electron chi connectivity index (χ3n) is 0.798. The second kappa shape index (κ2) is 4.24. The van der Waals surface area contributed by atoms with Gasteiger partial charge in [-0.2, -0.15) is 0 Å². The Labute approximate surface area is 53.9 Å². The van der Waals surface area contributed by atoms with E-state index in [1.54, 1.807) is 0 Å². The molecule has 0 saturated heterocycles. The Kier molecular flexibility index (Phi) is 3.93. The van der Waals surface area contributed by atoms with Gasteiger partial charge in [0.05, 0.1) is 11.7 Å². The number of hydrogen-bond donors (Lipinski definition) is 0. The maximum Gasteiger partial charge on any atom is 0.0932 e. The normalized spacial score (nSPS) is 14.2. The summed E-state index contributed by atoms with van der Waals surface area (Å²) in [5, 5.41) is 0. The number of hydrogen-bond acceptors (Lipinski definition) is 0. The molecule has 0 aliphatic carbocycles. The average molecular weight is 132 g/mol. The highest BCUT2D eigenvalue weighted by atomic mass is 19.1. The second-order valence-corrected chi connectivity index (χ2v) is 1.82. The molecule has 9 heavy (non-hydrogen) atoms. The van der Waals surface area contributed by atoms with Crippen molar-refractivity contribution in [3.8, 4) is 0 Å². The van der Waals surface area contributed by atoms with Crippen molar-refractivity contribution in [1.82, 2.24) is 0 Å². The van der Waals surface area contributed by atoms with Crippen molar-refractivity contribution in [3.05, 3.63) is 23.8 Å². The highest BCUT2D eigenvalue weighted by molar-refractivity contribution is 4.97. The van der Waals surface area contributed by atoms with Gasteiger partial charge in [0.2, 0.25) is 0 Å². The molecule has 2 heteroatoms. The molecule has 0 spiro atoms. The quantitative estimate of drug-likeness (QED) is 0.541. The fourth-order valence-electron chi connectivity index (χ4n) is 0.384. The molecule has 0 aliphatic heterocycles. The van der Waals surface area contributed by atoms with Crippen LogP contribution in [0.2, 0.25) is 0 Å². The van der Waals surface area contributed by atoms with E-state index in [4.69, 9.17) is 0 Å². The summed E-state index contributed by atoms with van der Waals surface area (Å²) in [5.41, 5.74) is 0. The minimum Gasteiger partial charge on any atom is -0.212 e. The lowest BCUT2D eigenvalue weighted by Gasteiger charge is -1.82. The van der Waals surface area contributed by atoms with E-state index in [1.165, 1.54) is 26.0 Å². The first-order chi connectivity index (χ1) is 4.13. The second-order valence-electron chi connectivity index (χ2n) is 1.82. The van der Waals surface area contributed by atoms with Crippen molar-refractivity contribution in [2.24, 2.45) is 0 Å². The summed E-state index contributed by atoms with van der Waals surface area (Å²) in [4.78, 5) is 0. The Morgan fingerprint density at radius 2 is 1.44 bits per heavy atom. The highest BCUT2D eigenvalue weighted by Crippen LogP contribution is 2.00. The van der Waals surface area contributed by atoms with Gasteiger partial charge >= 0.3 is 0 Å². The van der Waals surface area contributed by atoms with Gasteiger partial charge in [-0.25, -0.2) is 8.78 Å². The van der Waals surface area contributed by atoms with E-state index in [1.807, 2.05) is 0 Å². The van der Waals surface area contributed by atoms with Crippen LogP contribution in [0.3, 0.4) is 0 Å². The van der Waals surface area contributed by atoms with Crippen molar-refractivity contribution >= 4 is 0 Å². The van der Waals surface area contributed by atoms with Crippen LogP contribution in [0.15, 0.2) is 23.8 Å². The molecule has 0 atom stereocenters. The summed E-state index contributed by atoms with van der Waals surface area (Å²) in [6, 6.07) is 0. The first-order valence-corrected chi connectivity index (χ1v) is 2.77.